The molecule has 2 amide bonds. The van der Waals surface area contributed by atoms with Gasteiger partial charge >= 0.3 is 6.03 Å². The van der Waals surface area contributed by atoms with E-state index >= 15 is 0 Å². The molecule has 0 radical (unpaired) electrons. The zero-order valence-corrected chi connectivity index (χ0v) is 13.5. The molecule has 0 bridgehead atoms. The summed E-state index contributed by atoms with van der Waals surface area (Å²) < 4.78 is 0. The molecule has 0 aromatic rings. The Morgan fingerprint density at radius 1 is 1.29 bits per heavy atom. The van der Waals surface area contributed by atoms with Crippen LogP contribution in [0.1, 0.15) is 52.4 Å². The maximum Gasteiger partial charge on any atom is 0.314 e. The van der Waals surface area contributed by atoms with Crippen molar-refractivity contribution in [1.29, 1.82) is 0 Å². The molecule has 1 saturated carbocycles. The predicted molar refractivity (Wildman–Crippen MR) is 84.0 cm³/mol. The number of urea groups is 1. The molecule has 5 nitrogen and oxygen atoms in total. The van der Waals surface area contributed by atoms with E-state index in [2.05, 4.69) is 24.5 Å². The third kappa shape index (κ3) is 8.27. The van der Waals surface area contributed by atoms with Crippen LogP contribution in [0.3, 0.4) is 0 Å². The van der Waals surface area contributed by atoms with Crippen molar-refractivity contribution in [1.82, 2.24) is 10.6 Å². The number of hydrogen-bond acceptors (Lipinski definition) is 3. The van der Waals surface area contributed by atoms with E-state index < -0.39 is 0 Å². The quantitative estimate of drug-likeness (QED) is 0.552. The first-order valence-corrected chi connectivity index (χ1v) is 8.31. The lowest BCUT2D eigenvalue weighted by Crippen LogP contribution is -2.41. The Bertz CT molecular complexity index is 297. The highest BCUT2D eigenvalue weighted by atomic mass is 16.3. The van der Waals surface area contributed by atoms with Crippen LogP contribution in [0.2, 0.25) is 0 Å². The van der Waals surface area contributed by atoms with Crippen LogP contribution in [0.5, 0.6) is 0 Å². The van der Waals surface area contributed by atoms with Gasteiger partial charge in [-0.25, -0.2) is 4.79 Å². The predicted octanol–water partition coefficient (Wildman–Crippen LogP) is 1.88. The van der Waals surface area contributed by atoms with E-state index in [9.17, 15) is 9.90 Å². The zero-order chi connectivity index (χ0) is 15.7. The zero-order valence-electron chi connectivity index (χ0n) is 13.5. The Morgan fingerprint density at radius 3 is 2.67 bits per heavy atom. The van der Waals surface area contributed by atoms with Gasteiger partial charge in [-0.2, -0.15) is 0 Å². The molecule has 3 unspecified atom stereocenters. The molecule has 5 heteroatoms. The average Bonchev–Trinajstić information content (AvgIpc) is 2.42. The highest BCUT2D eigenvalue weighted by molar-refractivity contribution is 5.73. The summed E-state index contributed by atoms with van der Waals surface area (Å²) in [6.45, 7) is 5.72. The van der Waals surface area contributed by atoms with E-state index in [0.29, 0.717) is 30.8 Å². The Balaban J connectivity index is 2.19. The molecule has 1 aliphatic carbocycles. The van der Waals surface area contributed by atoms with Gasteiger partial charge in [-0.15, -0.1) is 0 Å². The molecular weight excluding hydrogens is 268 g/mol. The summed E-state index contributed by atoms with van der Waals surface area (Å²) in [7, 11) is 0. The van der Waals surface area contributed by atoms with Crippen molar-refractivity contribution in [2.75, 3.05) is 19.7 Å². The van der Waals surface area contributed by atoms with Gasteiger partial charge in [-0.1, -0.05) is 20.3 Å². The second-order valence-electron chi connectivity index (χ2n) is 6.79. The number of nitrogens with one attached hydrogen (secondary N) is 2. The summed E-state index contributed by atoms with van der Waals surface area (Å²) >= 11 is 0. The minimum Gasteiger partial charge on any atom is -0.396 e. The van der Waals surface area contributed by atoms with E-state index in [1.807, 2.05) is 0 Å². The molecule has 21 heavy (non-hydrogen) atoms. The summed E-state index contributed by atoms with van der Waals surface area (Å²) in [6, 6.07) is -0.137. The number of hydrogen-bond donors (Lipinski definition) is 4. The highest BCUT2D eigenvalue weighted by Gasteiger charge is 2.20. The van der Waals surface area contributed by atoms with Gasteiger partial charge in [0.25, 0.3) is 0 Å². The van der Waals surface area contributed by atoms with Crippen LogP contribution in [0.4, 0.5) is 4.79 Å². The van der Waals surface area contributed by atoms with Crippen LogP contribution in [-0.2, 0) is 0 Å². The van der Waals surface area contributed by atoms with Crippen molar-refractivity contribution in [3.05, 3.63) is 0 Å². The SMILES string of the molecule is CC(C)CC(CCO)CNC(=O)NCC1CCCC(O)C1. The maximum absolute atomic E-state index is 11.8. The molecule has 0 spiro atoms. The number of carbonyl (C=O) groups excluding carboxylic acids is 1. The van der Waals surface area contributed by atoms with Crippen molar-refractivity contribution in [2.45, 2.75) is 58.5 Å². The number of aliphatic hydroxyl groups is 2. The van der Waals surface area contributed by atoms with Gasteiger partial charge in [0, 0.05) is 19.7 Å². The summed E-state index contributed by atoms with van der Waals surface area (Å²) in [4.78, 5) is 11.8. The monoisotopic (exact) mass is 300 g/mol. The molecule has 124 valence electrons. The lowest BCUT2D eigenvalue weighted by atomic mass is 9.87. The van der Waals surface area contributed by atoms with Gasteiger partial charge in [0.2, 0.25) is 0 Å². The topological polar surface area (TPSA) is 81.6 Å². The first-order valence-electron chi connectivity index (χ1n) is 8.31. The average molecular weight is 300 g/mol. The fraction of sp³-hybridized carbons (Fsp3) is 0.938. The van der Waals surface area contributed by atoms with Gasteiger partial charge in [0.05, 0.1) is 6.10 Å². The van der Waals surface area contributed by atoms with E-state index in [-0.39, 0.29) is 18.7 Å². The van der Waals surface area contributed by atoms with Crippen LogP contribution in [0.15, 0.2) is 0 Å². The van der Waals surface area contributed by atoms with Gasteiger partial charge in [-0.05, 0) is 49.9 Å². The minimum absolute atomic E-state index is 0.137. The Kier molecular flexibility index (Phi) is 8.69. The third-order valence-electron chi connectivity index (χ3n) is 4.20. The standard InChI is InChI=1S/C16H32N2O3/c1-12(2)8-14(6-7-19)11-18-16(21)17-10-13-4-3-5-15(20)9-13/h12-15,19-20H,3-11H2,1-2H3,(H2,17,18,21). The molecule has 0 aromatic carbocycles. The summed E-state index contributed by atoms with van der Waals surface area (Å²) in [5.41, 5.74) is 0. The summed E-state index contributed by atoms with van der Waals surface area (Å²) in [5.74, 6) is 1.29. The normalized spacial score (nSPS) is 23.9. The molecule has 1 aliphatic rings. The number of amides is 2. The molecule has 0 aliphatic heterocycles. The first-order chi connectivity index (χ1) is 10.0. The van der Waals surface area contributed by atoms with Crippen molar-refractivity contribution < 1.29 is 15.0 Å². The van der Waals surface area contributed by atoms with Crippen LogP contribution in [0.25, 0.3) is 0 Å². The molecule has 4 N–H and O–H groups in total. The van der Waals surface area contributed by atoms with Crippen LogP contribution in [-0.4, -0.2) is 42.0 Å². The fourth-order valence-corrected chi connectivity index (χ4v) is 3.14. The summed E-state index contributed by atoms with van der Waals surface area (Å²) in [5, 5.41) is 24.5. The van der Waals surface area contributed by atoms with E-state index in [4.69, 9.17) is 5.11 Å². The number of rotatable bonds is 8. The van der Waals surface area contributed by atoms with Crippen molar-refractivity contribution in [3.8, 4) is 0 Å². The van der Waals surface area contributed by atoms with Gasteiger partial charge in [0.15, 0.2) is 0 Å². The fourth-order valence-electron chi connectivity index (χ4n) is 3.14. The lowest BCUT2D eigenvalue weighted by molar-refractivity contribution is 0.101. The number of aliphatic hydroxyl groups excluding tert-OH is 2. The Morgan fingerprint density at radius 2 is 2.05 bits per heavy atom. The molecule has 3 atom stereocenters. The largest absolute Gasteiger partial charge is 0.396 e. The Hall–Kier alpha value is -0.810. The first kappa shape index (κ1) is 18.2. The second kappa shape index (κ2) is 10.0. The van der Waals surface area contributed by atoms with Crippen molar-refractivity contribution in [2.24, 2.45) is 17.8 Å². The highest BCUT2D eigenvalue weighted by Crippen LogP contribution is 2.23. The van der Waals surface area contributed by atoms with Crippen molar-refractivity contribution >= 4 is 6.03 Å². The van der Waals surface area contributed by atoms with Gasteiger partial charge < -0.3 is 20.8 Å². The maximum atomic E-state index is 11.8. The second-order valence-corrected chi connectivity index (χ2v) is 6.79. The summed E-state index contributed by atoms with van der Waals surface area (Å²) in [6.07, 6.45) is 5.35. The van der Waals surface area contributed by atoms with Gasteiger partial charge in [-0.3, -0.25) is 0 Å². The van der Waals surface area contributed by atoms with Crippen LogP contribution in [0, 0.1) is 17.8 Å². The molecule has 0 heterocycles. The lowest BCUT2D eigenvalue weighted by Gasteiger charge is -2.26. The Labute approximate surface area is 128 Å². The van der Waals surface area contributed by atoms with E-state index in [1.54, 1.807) is 0 Å². The smallest absolute Gasteiger partial charge is 0.314 e. The van der Waals surface area contributed by atoms with Crippen molar-refractivity contribution in [3.63, 3.8) is 0 Å². The molecule has 0 aromatic heterocycles. The van der Waals surface area contributed by atoms with Crippen LogP contribution >= 0.6 is 0 Å². The molecule has 1 rings (SSSR count). The van der Waals surface area contributed by atoms with E-state index in [0.717, 1.165) is 38.5 Å². The third-order valence-corrected chi connectivity index (χ3v) is 4.20. The van der Waals surface area contributed by atoms with Gasteiger partial charge in [0.1, 0.15) is 0 Å². The molecular formula is C16H32N2O3. The number of carbonyl (C=O) groups is 1. The minimum atomic E-state index is -0.200. The van der Waals surface area contributed by atoms with Crippen LogP contribution < -0.4 is 10.6 Å². The molecule has 1 fully saturated rings. The molecule has 0 saturated heterocycles. The van der Waals surface area contributed by atoms with E-state index in [1.165, 1.54) is 0 Å².